The van der Waals surface area contributed by atoms with Gasteiger partial charge in [-0.2, -0.15) is 0 Å². The maximum Gasteiger partial charge on any atom is 0.470 e. The van der Waals surface area contributed by atoms with Crippen molar-refractivity contribution in [1.82, 2.24) is 0 Å². The first-order chi connectivity index (χ1) is 6.90. The van der Waals surface area contributed by atoms with Crippen LogP contribution < -0.4 is 0 Å². The number of hydrogen-bond acceptors (Lipinski definition) is 3. The Hall–Kier alpha value is -1.00. The van der Waals surface area contributed by atoms with Crippen molar-refractivity contribution >= 4 is 13.6 Å². The van der Waals surface area contributed by atoms with Crippen molar-refractivity contribution in [2.45, 2.75) is 13.0 Å². The highest BCUT2D eigenvalue weighted by atomic mass is 31.2. The lowest BCUT2D eigenvalue weighted by Gasteiger charge is -2.12. The summed E-state index contributed by atoms with van der Waals surface area (Å²) in [7, 11) is -4.62. The molecule has 82 valence electrons. The minimum Gasteiger partial charge on any atom is -0.303 e. The molecule has 1 unspecified atom stereocenters. The van der Waals surface area contributed by atoms with Crippen LogP contribution >= 0.6 is 7.82 Å². The molecule has 0 aliphatic heterocycles. The predicted molar refractivity (Wildman–Crippen MR) is 53.4 cm³/mol. The van der Waals surface area contributed by atoms with Crippen LogP contribution in [-0.2, 0) is 9.09 Å². The molecule has 1 aromatic rings. The Kier molecular flexibility index (Phi) is 3.77. The zero-order chi connectivity index (χ0) is 11.5. The molecule has 1 aromatic carbocycles. The summed E-state index contributed by atoms with van der Waals surface area (Å²) in [6.45, 7) is 1.30. The van der Waals surface area contributed by atoms with E-state index in [9.17, 15) is 9.36 Å². The molecule has 0 radical (unpaired) electrons. The molecule has 0 bridgehead atoms. The number of hydrogen-bond donors (Lipinski definition) is 2. The highest BCUT2D eigenvalue weighted by Gasteiger charge is 2.24. The molecule has 1 atom stereocenters. The number of phosphoric ester groups is 1. The fraction of sp³-hybridized carbons (Fsp3) is 0.222. The molecule has 0 fully saturated rings. The van der Waals surface area contributed by atoms with Crippen LogP contribution in [0.1, 0.15) is 17.3 Å². The molecule has 0 saturated heterocycles. The first-order valence-corrected chi connectivity index (χ1v) is 5.76. The van der Waals surface area contributed by atoms with Crippen LogP contribution in [0.5, 0.6) is 0 Å². The van der Waals surface area contributed by atoms with Gasteiger partial charge in [0.2, 0.25) is 0 Å². The van der Waals surface area contributed by atoms with E-state index in [1.165, 1.54) is 6.92 Å². The Bertz CT molecular complexity index is 383. The van der Waals surface area contributed by atoms with Crippen LogP contribution in [0.15, 0.2) is 30.3 Å². The first-order valence-electron chi connectivity index (χ1n) is 4.23. The summed E-state index contributed by atoms with van der Waals surface area (Å²) in [5.41, 5.74) is 0.360. The Morgan fingerprint density at radius 2 is 1.87 bits per heavy atom. The summed E-state index contributed by atoms with van der Waals surface area (Å²) in [6.07, 6.45) is -1.16. The van der Waals surface area contributed by atoms with Crippen molar-refractivity contribution in [3.63, 3.8) is 0 Å². The lowest BCUT2D eigenvalue weighted by Crippen LogP contribution is -2.19. The SMILES string of the molecule is CC(OP(=O)(O)O)C(=O)c1ccccc1. The Morgan fingerprint density at radius 3 is 2.33 bits per heavy atom. The first kappa shape index (κ1) is 12.1. The predicted octanol–water partition coefficient (Wildman–Crippen LogP) is 1.37. The number of phosphoric acid groups is 1. The van der Waals surface area contributed by atoms with Crippen molar-refractivity contribution < 1.29 is 23.7 Å². The number of Topliss-reactive ketones (excluding diaryl/α,β-unsaturated/α-hetero) is 1. The van der Waals surface area contributed by atoms with E-state index in [0.29, 0.717) is 5.56 Å². The number of carbonyl (C=O) groups excluding carboxylic acids is 1. The number of ketones is 1. The summed E-state index contributed by atoms with van der Waals surface area (Å²) < 4.78 is 14.8. The monoisotopic (exact) mass is 230 g/mol. The summed E-state index contributed by atoms with van der Waals surface area (Å²) in [5, 5.41) is 0. The van der Waals surface area contributed by atoms with E-state index in [4.69, 9.17) is 9.79 Å². The van der Waals surface area contributed by atoms with Gasteiger partial charge >= 0.3 is 7.82 Å². The van der Waals surface area contributed by atoms with Gasteiger partial charge in [0.1, 0.15) is 6.10 Å². The van der Waals surface area contributed by atoms with Gasteiger partial charge in [-0.15, -0.1) is 0 Å². The van der Waals surface area contributed by atoms with E-state index in [1.807, 2.05) is 0 Å². The van der Waals surface area contributed by atoms with E-state index in [2.05, 4.69) is 4.52 Å². The van der Waals surface area contributed by atoms with Crippen LogP contribution in [0.4, 0.5) is 0 Å². The van der Waals surface area contributed by atoms with Crippen molar-refractivity contribution in [1.29, 1.82) is 0 Å². The maximum atomic E-state index is 11.6. The topological polar surface area (TPSA) is 83.8 Å². The molecule has 2 N–H and O–H groups in total. The molecule has 15 heavy (non-hydrogen) atoms. The lowest BCUT2D eigenvalue weighted by molar-refractivity contribution is 0.0746. The molecular weight excluding hydrogens is 219 g/mol. The summed E-state index contributed by atoms with van der Waals surface area (Å²) >= 11 is 0. The van der Waals surface area contributed by atoms with Crippen molar-refractivity contribution in [3.8, 4) is 0 Å². The summed E-state index contributed by atoms with van der Waals surface area (Å²) in [4.78, 5) is 28.6. The quantitative estimate of drug-likeness (QED) is 0.602. The lowest BCUT2D eigenvalue weighted by atomic mass is 10.1. The largest absolute Gasteiger partial charge is 0.470 e. The van der Waals surface area contributed by atoms with Gasteiger partial charge in [0.15, 0.2) is 5.78 Å². The van der Waals surface area contributed by atoms with E-state index < -0.39 is 19.7 Å². The molecule has 1 rings (SSSR count). The van der Waals surface area contributed by atoms with Gasteiger partial charge in [-0.3, -0.25) is 9.32 Å². The second-order valence-electron chi connectivity index (χ2n) is 2.97. The van der Waals surface area contributed by atoms with E-state index >= 15 is 0 Å². The molecule has 6 heteroatoms. The van der Waals surface area contributed by atoms with Crippen LogP contribution in [0.25, 0.3) is 0 Å². The molecular formula is C9H11O5P. The zero-order valence-electron chi connectivity index (χ0n) is 8.03. The van der Waals surface area contributed by atoms with Crippen molar-refractivity contribution in [3.05, 3.63) is 35.9 Å². The van der Waals surface area contributed by atoms with Gasteiger partial charge in [0.25, 0.3) is 0 Å². The van der Waals surface area contributed by atoms with Crippen molar-refractivity contribution in [2.75, 3.05) is 0 Å². The standard InChI is InChI=1S/C9H11O5P/c1-7(14-15(11,12)13)9(10)8-5-3-2-4-6-8/h2-7H,1H3,(H2,11,12,13). The van der Waals surface area contributed by atoms with Gasteiger partial charge in [0, 0.05) is 5.56 Å². The Balaban J connectivity index is 2.74. The highest BCUT2D eigenvalue weighted by Crippen LogP contribution is 2.37. The van der Waals surface area contributed by atoms with Gasteiger partial charge in [-0.25, -0.2) is 4.57 Å². The fourth-order valence-electron chi connectivity index (χ4n) is 1.09. The smallest absolute Gasteiger partial charge is 0.303 e. The van der Waals surface area contributed by atoms with Gasteiger partial charge in [-0.1, -0.05) is 30.3 Å². The third kappa shape index (κ3) is 3.93. The van der Waals surface area contributed by atoms with E-state index in [1.54, 1.807) is 30.3 Å². The molecule has 0 aliphatic rings. The average Bonchev–Trinajstić information content (AvgIpc) is 2.15. The number of carbonyl (C=O) groups is 1. The molecule has 0 heterocycles. The zero-order valence-corrected chi connectivity index (χ0v) is 8.92. The van der Waals surface area contributed by atoms with Crippen LogP contribution in [0, 0.1) is 0 Å². The van der Waals surface area contributed by atoms with Crippen molar-refractivity contribution in [2.24, 2.45) is 0 Å². The third-order valence-corrected chi connectivity index (χ3v) is 2.31. The second-order valence-corrected chi connectivity index (χ2v) is 4.16. The molecule has 0 saturated carbocycles. The number of benzene rings is 1. The average molecular weight is 230 g/mol. The third-order valence-electron chi connectivity index (χ3n) is 1.72. The van der Waals surface area contributed by atoms with Gasteiger partial charge in [0.05, 0.1) is 0 Å². The van der Waals surface area contributed by atoms with Crippen LogP contribution in [0.2, 0.25) is 0 Å². The van der Waals surface area contributed by atoms with Gasteiger partial charge in [-0.05, 0) is 6.92 Å². The van der Waals surface area contributed by atoms with E-state index in [0.717, 1.165) is 0 Å². The molecule has 0 amide bonds. The minimum absolute atomic E-state index is 0.360. The molecule has 0 spiro atoms. The Morgan fingerprint density at radius 1 is 1.33 bits per heavy atom. The normalized spacial score (nSPS) is 13.5. The summed E-state index contributed by atoms with van der Waals surface area (Å²) in [5.74, 6) is -0.459. The molecule has 5 nitrogen and oxygen atoms in total. The second kappa shape index (κ2) is 4.68. The minimum atomic E-state index is -4.62. The number of rotatable bonds is 4. The molecule has 0 aliphatic carbocycles. The fourth-order valence-corrected chi connectivity index (χ4v) is 1.60. The highest BCUT2D eigenvalue weighted by molar-refractivity contribution is 7.46. The van der Waals surface area contributed by atoms with Gasteiger partial charge < -0.3 is 9.79 Å². The maximum absolute atomic E-state index is 11.6. The Labute approximate surface area is 86.9 Å². The van der Waals surface area contributed by atoms with E-state index in [-0.39, 0.29) is 0 Å². The van der Waals surface area contributed by atoms with Crippen LogP contribution in [-0.4, -0.2) is 21.7 Å². The summed E-state index contributed by atoms with van der Waals surface area (Å²) in [6, 6.07) is 8.18. The van der Waals surface area contributed by atoms with Crippen LogP contribution in [0.3, 0.4) is 0 Å². The molecule has 0 aromatic heterocycles.